The Hall–Kier alpha value is -0.570. The molecule has 3 heteroatoms. The van der Waals surface area contributed by atoms with E-state index < -0.39 is 0 Å². The first-order valence-corrected chi connectivity index (χ1v) is 6.03. The quantitative estimate of drug-likeness (QED) is 0.758. The van der Waals surface area contributed by atoms with Gasteiger partial charge in [0.15, 0.2) is 0 Å². The summed E-state index contributed by atoms with van der Waals surface area (Å²) in [5.41, 5.74) is 5.79. The number of amides is 1. The van der Waals surface area contributed by atoms with Crippen molar-refractivity contribution in [2.45, 2.75) is 65.1 Å². The van der Waals surface area contributed by atoms with Crippen molar-refractivity contribution in [3.05, 3.63) is 0 Å². The third-order valence-corrected chi connectivity index (χ3v) is 3.63. The van der Waals surface area contributed by atoms with Gasteiger partial charge in [-0.1, -0.05) is 6.92 Å². The number of hydrogen-bond donors (Lipinski definition) is 1. The highest BCUT2D eigenvalue weighted by Gasteiger charge is 2.32. The minimum atomic E-state index is -0.0620. The normalized spacial score (nSPS) is 31.1. The molecule has 0 bridgehead atoms. The van der Waals surface area contributed by atoms with E-state index in [1.54, 1.807) is 0 Å². The maximum atomic E-state index is 12.2. The minimum Gasteiger partial charge on any atom is -0.337 e. The van der Waals surface area contributed by atoms with Gasteiger partial charge in [0.2, 0.25) is 5.91 Å². The minimum absolute atomic E-state index is 0.0566. The number of rotatable bonds is 2. The Morgan fingerprint density at radius 3 is 2.13 bits per heavy atom. The molecule has 0 aromatic rings. The van der Waals surface area contributed by atoms with Crippen LogP contribution in [-0.2, 0) is 4.79 Å². The number of carbonyl (C=O) groups is 1. The van der Waals surface area contributed by atoms with Gasteiger partial charge in [-0.2, -0.15) is 0 Å². The van der Waals surface area contributed by atoms with E-state index in [0.29, 0.717) is 12.1 Å². The van der Waals surface area contributed by atoms with E-state index in [-0.39, 0.29) is 17.9 Å². The third kappa shape index (κ3) is 2.71. The van der Waals surface area contributed by atoms with Crippen LogP contribution in [0.1, 0.15) is 47.0 Å². The zero-order valence-corrected chi connectivity index (χ0v) is 10.4. The highest BCUT2D eigenvalue weighted by atomic mass is 16.2. The number of carbonyl (C=O) groups excluding carboxylic acids is 1. The molecule has 1 amide bonds. The van der Waals surface area contributed by atoms with Crippen LogP contribution in [0.5, 0.6) is 0 Å². The average molecular weight is 212 g/mol. The molecular formula is C12H24N2O. The fraction of sp³-hybridized carbons (Fsp3) is 0.917. The summed E-state index contributed by atoms with van der Waals surface area (Å²) in [6.07, 6.45) is 3.49. The van der Waals surface area contributed by atoms with Crippen molar-refractivity contribution in [3.8, 4) is 0 Å². The second-order valence-corrected chi connectivity index (χ2v) is 5.02. The molecule has 1 aliphatic heterocycles. The average Bonchev–Trinajstić information content (AvgIpc) is 2.15. The first-order chi connectivity index (χ1) is 6.95. The maximum Gasteiger partial charge on any atom is 0.227 e. The lowest BCUT2D eigenvalue weighted by Crippen LogP contribution is -2.51. The Morgan fingerprint density at radius 2 is 1.73 bits per heavy atom. The molecule has 1 heterocycles. The molecule has 1 rings (SSSR count). The molecule has 0 radical (unpaired) electrons. The van der Waals surface area contributed by atoms with Crippen LogP contribution in [0.4, 0.5) is 0 Å². The molecule has 0 aromatic heterocycles. The van der Waals surface area contributed by atoms with Gasteiger partial charge in [0.25, 0.3) is 0 Å². The van der Waals surface area contributed by atoms with Gasteiger partial charge in [-0.15, -0.1) is 0 Å². The van der Waals surface area contributed by atoms with Crippen LogP contribution in [0.3, 0.4) is 0 Å². The van der Waals surface area contributed by atoms with Crippen molar-refractivity contribution in [2.24, 2.45) is 11.7 Å². The Labute approximate surface area is 93.0 Å². The van der Waals surface area contributed by atoms with Gasteiger partial charge in [0.1, 0.15) is 0 Å². The molecular weight excluding hydrogens is 188 g/mol. The zero-order valence-electron chi connectivity index (χ0n) is 10.4. The Morgan fingerprint density at radius 1 is 1.27 bits per heavy atom. The predicted molar refractivity (Wildman–Crippen MR) is 62.4 cm³/mol. The third-order valence-electron chi connectivity index (χ3n) is 3.63. The lowest BCUT2D eigenvalue weighted by Gasteiger charge is -2.41. The summed E-state index contributed by atoms with van der Waals surface area (Å²) >= 11 is 0. The fourth-order valence-electron chi connectivity index (χ4n) is 2.32. The van der Waals surface area contributed by atoms with Crippen molar-refractivity contribution in [3.63, 3.8) is 0 Å². The van der Waals surface area contributed by atoms with Crippen LogP contribution in [0.2, 0.25) is 0 Å². The molecule has 3 nitrogen and oxygen atoms in total. The zero-order chi connectivity index (χ0) is 11.6. The first kappa shape index (κ1) is 12.5. The molecule has 0 saturated carbocycles. The smallest absolute Gasteiger partial charge is 0.227 e. The number of piperidine rings is 1. The molecule has 1 fully saturated rings. The summed E-state index contributed by atoms with van der Waals surface area (Å²) in [7, 11) is 0. The molecule has 0 spiro atoms. The standard InChI is InChI=1S/C12H24N2O/c1-8-6-5-7-9(2)14(8)12(15)10(3)11(4)13/h8-11H,5-7,13H2,1-4H3. The number of nitrogens with two attached hydrogens (primary N) is 1. The van der Waals surface area contributed by atoms with Crippen LogP contribution in [0.25, 0.3) is 0 Å². The van der Waals surface area contributed by atoms with Gasteiger partial charge < -0.3 is 10.6 Å². The van der Waals surface area contributed by atoms with Crippen molar-refractivity contribution in [1.82, 2.24) is 4.90 Å². The Bertz CT molecular complexity index is 218. The summed E-state index contributed by atoms with van der Waals surface area (Å²) in [6.45, 7) is 8.12. The van der Waals surface area contributed by atoms with E-state index >= 15 is 0 Å². The van der Waals surface area contributed by atoms with Crippen LogP contribution < -0.4 is 5.73 Å². The Kier molecular flexibility index (Phi) is 4.14. The van der Waals surface area contributed by atoms with Gasteiger partial charge in [-0.3, -0.25) is 4.79 Å². The highest BCUT2D eigenvalue weighted by molar-refractivity contribution is 5.79. The van der Waals surface area contributed by atoms with Crippen LogP contribution in [-0.4, -0.2) is 28.9 Å². The lowest BCUT2D eigenvalue weighted by molar-refractivity contribution is -0.141. The molecule has 0 aromatic carbocycles. The molecule has 88 valence electrons. The summed E-state index contributed by atoms with van der Waals surface area (Å²) in [6, 6.07) is 0.698. The fourth-order valence-corrected chi connectivity index (χ4v) is 2.32. The van der Waals surface area contributed by atoms with E-state index in [1.165, 1.54) is 6.42 Å². The van der Waals surface area contributed by atoms with Crippen LogP contribution >= 0.6 is 0 Å². The topological polar surface area (TPSA) is 46.3 Å². The van der Waals surface area contributed by atoms with E-state index in [9.17, 15) is 4.79 Å². The van der Waals surface area contributed by atoms with Gasteiger partial charge in [0, 0.05) is 18.1 Å². The predicted octanol–water partition coefficient (Wildman–Crippen LogP) is 1.76. The molecule has 1 aliphatic rings. The SMILES string of the molecule is CC(N)C(C)C(=O)N1C(C)CCCC1C. The number of nitrogens with zero attached hydrogens (tertiary/aromatic N) is 1. The van der Waals surface area contributed by atoms with Crippen LogP contribution in [0, 0.1) is 5.92 Å². The van der Waals surface area contributed by atoms with Crippen molar-refractivity contribution < 1.29 is 4.79 Å². The van der Waals surface area contributed by atoms with E-state index in [4.69, 9.17) is 5.73 Å². The molecule has 2 N–H and O–H groups in total. The van der Waals surface area contributed by atoms with Gasteiger partial charge >= 0.3 is 0 Å². The van der Waals surface area contributed by atoms with Crippen LogP contribution in [0.15, 0.2) is 0 Å². The Balaban J connectivity index is 2.71. The first-order valence-electron chi connectivity index (χ1n) is 6.03. The van der Waals surface area contributed by atoms with E-state index in [1.807, 2.05) is 18.7 Å². The molecule has 15 heavy (non-hydrogen) atoms. The lowest BCUT2D eigenvalue weighted by atomic mass is 9.93. The largest absolute Gasteiger partial charge is 0.337 e. The maximum absolute atomic E-state index is 12.2. The summed E-state index contributed by atoms with van der Waals surface area (Å²) in [5.74, 6) is 0.165. The number of hydrogen-bond acceptors (Lipinski definition) is 2. The van der Waals surface area contributed by atoms with E-state index in [0.717, 1.165) is 12.8 Å². The monoisotopic (exact) mass is 212 g/mol. The second-order valence-electron chi connectivity index (χ2n) is 5.02. The summed E-state index contributed by atoms with van der Waals surface area (Å²) in [5, 5.41) is 0. The summed E-state index contributed by atoms with van der Waals surface area (Å²) < 4.78 is 0. The van der Waals surface area contributed by atoms with E-state index in [2.05, 4.69) is 13.8 Å². The van der Waals surface area contributed by atoms with Crippen molar-refractivity contribution in [2.75, 3.05) is 0 Å². The second kappa shape index (κ2) is 4.97. The van der Waals surface area contributed by atoms with Gasteiger partial charge in [-0.05, 0) is 40.0 Å². The summed E-state index contributed by atoms with van der Waals surface area (Å²) in [4.78, 5) is 14.2. The van der Waals surface area contributed by atoms with Crippen molar-refractivity contribution >= 4 is 5.91 Å². The molecule has 4 atom stereocenters. The van der Waals surface area contributed by atoms with Gasteiger partial charge in [-0.25, -0.2) is 0 Å². The highest BCUT2D eigenvalue weighted by Crippen LogP contribution is 2.24. The molecule has 0 aliphatic carbocycles. The molecule has 4 unspecified atom stereocenters. The number of likely N-dealkylation sites (tertiary alicyclic amines) is 1. The van der Waals surface area contributed by atoms with Crippen molar-refractivity contribution in [1.29, 1.82) is 0 Å². The molecule has 1 saturated heterocycles. The van der Waals surface area contributed by atoms with Gasteiger partial charge in [0.05, 0.1) is 5.92 Å².